The lowest BCUT2D eigenvalue weighted by atomic mass is 9.89. The molecule has 3 heterocycles. The van der Waals surface area contributed by atoms with Crippen molar-refractivity contribution < 1.29 is 14.1 Å². The molecule has 10 heteroatoms. The van der Waals surface area contributed by atoms with Crippen LogP contribution in [0.2, 0.25) is 0 Å². The maximum absolute atomic E-state index is 12.4. The molecular formula is C22H27N7O3. The van der Waals surface area contributed by atoms with Gasteiger partial charge in [0, 0.05) is 32.2 Å². The first-order chi connectivity index (χ1) is 15.5. The second kappa shape index (κ2) is 9.71. The third-order valence-electron chi connectivity index (χ3n) is 5.61. The highest BCUT2D eigenvalue weighted by Gasteiger charge is 2.38. The smallest absolute Gasteiger partial charge is 0.227 e. The number of hydrogen-bond donors (Lipinski definition) is 2. The number of nitrogens with zero attached hydrogens (tertiary/aromatic N) is 5. The zero-order valence-electron chi connectivity index (χ0n) is 18.1. The molecule has 0 aromatic carbocycles. The standard InChI is InChI=1S/C22H27N7O3/c1-16(30)27-22(11-4-2-3-5-12-22)21-26-20(32-28-21)10-9-19(31)25-17-7-8-18(23-15-17)29-14-6-13-24-29/h6-8,13-15H,2-5,9-12H2,1H3,(H,25,31)(H,27,30). The van der Waals surface area contributed by atoms with E-state index in [1.165, 1.54) is 6.92 Å². The van der Waals surface area contributed by atoms with Crippen molar-refractivity contribution in [1.29, 1.82) is 0 Å². The summed E-state index contributed by atoms with van der Waals surface area (Å²) in [7, 11) is 0. The lowest BCUT2D eigenvalue weighted by Gasteiger charge is -2.30. The fraction of sp³-hybridized carbons (Fsp3) is 0.455. The Bertz CT molecular complexity index is 1040. The van der Waals surface area contributed by atoms with E-state index in [2.05, 4.69) is 30.9 Å². The van der Waals surface area contributed by atoms with Gasteiger partial charge in [-0.2, -0.15) is 10.1 Å². The largest absolute Gasteiger partial charge is 0.343 e. The number of aromatic nitrogens is 5. The van der Waals surface area contributed by atoms with Gasteiger partial charge in [-0.1, -0.05) is 30.8 Å². The van der Waals surface area contributed by atoms with Crippen LogP contribution in [0.5, 0.6) is 0 Å². The van der Waals surface area contributed by atoms with E-state index in [-0.39, 0.29) is 18.2 Å². The second-order valence-corrected chi connectivity index (χ2v) is 8.09. The fourth-order valence-corrected chi connectivity index (χ4v) is 4.07. The highest BCUT2D eigenvalue weighted by atomic mass is 16.5. The van der Waals surface area contributed by atoms with Gasteiger partial charge in [-0.05, 0) is 31.0 Å². The first-order valence-electron chi connectivity index (χ1n) is 10.9. The zero-order chi connectivity index (χ0) is 22.4. The number of carbonyl (C=O) groups is 2. The van der Waals surface area contributed by atoms with Crippen LogP contribution in [-0.4, -0.2) is 36.7 Å². The molecule has 0 radical (unpaired) electrons. The molecule has 0 unspecified atom stereocenters. The Labute approximate surface area is 185 Å². The first kappa shape index (κ1) is 21.7. The molecule has 0 spiro atoms. The molecule has 32 heavy (non-hydrogen) atoms. The van der Waals surface area contributed by atoms with Gasteiger partial charge in [0.15, 0.2) is 11.6 Å². The van der Waals surface area contributed by atoms with Crippen molar-refractivity contribution in [2.24, 2.45) is 0 Å². The number of anilines is 1. The topological polar surface area (TPSA) is 128 Å². The highest BCUT2D eigenvalue weighted by molar-refractivity contribution is 5.90. The van der Waals surface area contributed by atoms with Gasteiger partial charge < -0.3 is 15.2 Å². The van der Waals surface area contributed by atoms with Gasteiger partial charge in [-0.15, -0.1) is 0 Å². The van der Waals surface area contributed by atoms with Gasteiger partial charge in [0.1, 0.15) is 5.54 Å². The van der Waals surface area contributed by atoms with Crippen molar-refractivity contribution in [2.45, 2.75) is 63.8 Å². The van der Waals surface area contributed by atoms with Crippen molar-refractivity contribution in [3.8, 4) is 5.82 Å². The molecule has 1 fully saturated rings. The Kier molecular flexibility index (Phi) is 6.58. The summed E-state index contributed by atoms with van der Waals surface area (Å²) < 4.78 is 7.05. The van der Waals surface area contributed by atoms with Crippen LogP contribution in [0.25, 0.3) is 5.82 Å². The Hall–Kier alpha value is -3.56. The van der Waals surface area contributed by atoms with Crippen LogP contribution in [-0.2, 0) is 21.5 Å². The number of nitrogens with one attached hydrogen (secondary N) is 2. The highest BCUT2D eigenvalue weighted by Crippen LogP contribution is 2.34. The van der Waals surface area contributed by atoms with E-state index in [9.17, 15) is 9.59 Å². The van der Waals surface area contributed by atoms with E-state index in [4.69, 9.17) is 4.52 Å². The van der Waals surface area contributed by atoms with Crippen molar-refractivity contribution in [3.05, 3.63) is 48.5 Å². The summed E-state index contributed by atoms with van der Waals surface area (Å²) in [4.78, 5) is 33.0. The summed E-state index contributed by atoms with van der Waals surface area (Å²) in [6.45, 7) is 1.51. The van der Waals surface area contributed by atoms with E-state index < -0.39 is 5.54 Å². The molecule has 2 N–H and O–H groups in total. The monoisotopic (exact) mass is 437 g/mol. The van der Waals surface area contributed by atoms with Crippen molar-refractivity contribution in [2.75, 3.05) is 5.32 Å². The molecule has 3 aromatic rings. The van der Waals surface area contributed by atoms with Gasteiger partial charge in [-0.25, -0.2) is 9.67 Å². The Morgan fingerprint density at radius 3 is 2.66 bits per heavy atom. The summed E-state index contributed by atoms with van der Waals surface area (Å²) in [5.41, 5.74) is 0.00844. The minimum atomic E-state index is -0.589. The minimum absolute atomic E-state index is 0.107. The van der Waals surface area contributed by atoms with Crippen LogP contribution in [0.4, 0.5) is 5.69 Å². The van der Waals surface area contributed by atoms with E-state index in [0.717, 1.165) is 38.5 Å². The number of aryl methyl sites for hydroxylation is 1. The van der Waals surface area contributed by atoms with E-state index >= 15 is 0 Å². The molecule has 2 amide bonds. The third kappa shape index (κ3) is 5.19. The third-order valence-corrected chi connectivity index (χ3v) is 5.61. The maximum Gasteiger partial charge on any atom is 0.227 e. The zero-order valence-corrected chi connectivity index (χ0v) is 18.1. The molecule has 1 saturated carbocycles. The molecular weight excluding hydrogens is 410 g/mol. The molecule has 1 aliphatic carbocycles. The van der Waals surface area contributed by atoms with Crippen LogP contribution in [0.3, 0.4) is 0 Å². The van der Waals surface area contributed by atoms with Crippen LogP contribution >= 0.6 is 0 Å². The van der Waals surface area contributed by atoms with Crippen LogP contribution < -0.4 is 10.6 Å². The Balaban J connectivity index is 1.35. The molecule has 0 aliphatic heterocycles. The number of carbonyl (C=O) groups excluding carboxylic acids is 2. The second-order valence-electron chi connectivity index (χ2n) is 8.09. The van der Waals surface area contributed by atoms with E-state index in [0.29, 0.717) is 29.6 Å². The summed E-state index contributed by atoms with van der Waals surface area (Å²) >= 11 is 0. The Morgan fingerprint density at radius 1 is 1.19 bits per heavy atom. The van der Waals surface area contributed by atoms with Crippen LogP contribution in [0, 0.1) is 0 Å². The van der Waals surface area contributed by atoms with Gasteiger partial charge in [-0.3, -0.25) is 9.59 Å². The molecule has 10 nitrogen and oxygen atoms in total. The number of amides is 2. The van der Waals surface area contributed by atoms with Crippen molar-refractivity contribution in [1.82, 2.24) is 30.2 Å². The summed E-state index contributed by atoms with van der Waals surface area (Å²) in [6.07, 6.45) is 11.4. The average molecular weight is 438 g/mol. The van der Waals surface area contributed by atoms with E-state index in [1.807, 2.05) is 6.07 Å². The molecule has 0 bridgehead atoms. The summed E-state index contributed by atoms with van der Waals surface area (Å²) in [6, 6.07) is 5.37. The quantitative estimate of drug-likeness (QED) is 0.544. The van der Waals surface area contributed by atoms with Crippen molar-refractivity contribution in [3.63, 3.8) is 0 Å². The molecule has 3 aromatic heterocycles. The molecule has 4 rings (SSSR count). The van der Waals surface area contributed by atoms with Crippen molar-refractivity contribution >= 4 is 17.5 Å². The normalized spacial score (nSPS) is 15.7. The van der Waals surface area contributed by atoms with Crippen LogP contribution in [0.1, 0.15) is 63.6 Å². The summed E-state index contributed by atoms with van der Waals surface area (Å²) in [5, 5.41) is 14.2. The van der Waals surface area contributed by atoms with Gasteiger partial charge in [0.25, 0.3) is 0 Å². The Morgan fingerprint density at radius 2 is 2.00 bits per heavy atom. The van der Waals surface area contributed by atoms with Gasteiger partial charge in [0.2, 0.25) is 17.7 Å². The summed E-state index contributed by atoms with van der Waals surface area (Å²) in [5.74, 6) is 1.27. The average Bonchev–Trinajstić information content (AvgIpc) is 3.43. The minimum Gasteiger partial charge on any atom is -0.343 e. The molecule has 1 aliphatic rings. The number of pyridine rings is 1. The van der Waals surface area contributed by atoms with Gasteiger partial charge >= 0.3 is 0 Å². The molecule has 168 valence electrons. The lowest BCUT2D eigenvalue weighted by Crippen LogP contribution is -2.45. The number of rotatable bonds is 7. The van der Waals surface area contributed by atoms with Gasteiger partial charge in [0.05, 0.1) is 11.9 Å². The molecule has 0 atom stereocenters. The van der Waals surface area contributed by atoms with E-state index in [1.54, 1.807) is 35.4 Å². The maximum atomic E-state index is 12.4. The fourth-order valence-electron chi connectivity index (χ4n) is 4.07. The van der Waals surface area contributed by atoms with Crippen LogP contribution in [0.15, 0.2) is 41.3 Å². The SMILES string of the molecule is CC(=O)NC1(c2noc(CCC(=O)Nc3ccc(-n4cccn4)nc3)n2)CCCCCC1. The predicted molar refractivity (Wildman–Crippen MR) is 116 cm³/mol. The molecule has 0 saturated heterocycles. The predicted octanol–water partition coefficient (Wildman–Crippen LogP) is 2.91. The lowest BCUT2D eigenvalue weighted by molar-refractivity contribution is -0.121. The first-order valence-corrected chi connectivity index (χ1v) is 10.9. The number of hydrogen-bond acceptors (Lipinski definition) is 7.